The van der Waals surface area contributed by atoms with Crippen LogP contribution in [0.1, 0.15) is 30.3 Å². The number of rotatable bonds is 8. The molecule has 1 aromatic heterocycles. The molecule has 1 aromatic rings. The van der Waals surface area contributed by atoms with Crippen LogP contribution >= 0.6 is 0 Å². The van der Waals surface area contributed by atoms with Gasteiger partial charge in [0, 0.05) is 31.6 Å². The fourth-order valence-electron chi connectivity index (χ4n) is 2.40. The maximum atomic E-state index is 12.1. The monoisotopic (exact) mass is 319 g/mol. The number of nitrogens with one attached hydrogen (secondary N) is 1. The van der Waals surface area contributed by atoms with Gasteiger partial charge in [-0.1, -0.05) is 6.92 Å². The molecule has 0 aliphatic carbocycles. The second-order valence-electron chi connectivity index (χ2n) is 5.47. The lowest BCUT2D eigenvalue weighted by Crippen LogP contribution is -2.34. The average Bonchev–Trinajstić information content (AvgIpc) is 2.78. The summed E-state index contributed by atoms with van der Waals surface area (Å²) in [6.45, 7) is 7.16. The Morgan fingerprint density at radius 3 is 2.83 bits per heavy atom. The number of nitrogens with zero attached hydrogens (tertiary/aromatic N) is 2. The van der Waals surface area contributed by atoms with Crippen molar-refractivity contribution in [2.75, 3.05) is 20.3 Å². The van der Waals surface area contributed by atoms with Crippen molar-refractivity contribution in [1.29, 1.82) is 5.26 Å². The van der Waals surface area contributed by atoms with Gasteiger partial charge in [-0.2, -0.15) is 5.26 Å². The van der Waals surface area contributed by atoms with Crippen molar-refractivity contribution >= 4 is 12.0 Å². The molecule has 1 atom stereocenters. The van der Waals surface area contributed by atoms with E-state index >= 15 is 0 Å². The van der Waals surface area contributed by atoms with E-state index in [1.54, 1.807) is 6.08 Å². The van der Waals surface area contributed by atoms with Crippen LogP contribution in [0, 0.1) is 25.2 Å². The average molecular weight is 319 g/mol. The number of aliphatic hydroxyl groups is 1. The molecule has 0 saturated heterocycles. The molecule has 0 spiro atoms. The molecule has 1 amide bonds. The van der Waals surface area contributed by atoms with E-state index < -0.39 is 12.0 Å². The summed E-state index contributed by atoms with van der Waals surface area (Å²) in [5.74, 6) is -0.497. The number of carbonyl (C=O) groups excluding carboxylic acids is 1. The van der Waals surface area contributed by atoms with Crippen LogP contribution in [0.2, 0.25) is 0 Å². The van der Waals surface area contributed by atoms with E-state index in [9.17, 15) is 15.2 Å². The van der Waals surface area contributed by atoms with Gasteiger partial charge in [-0.15, -0.1) is 0 Å². The van der Waals surface area contributed by atoms with E-state index in [0.29, 0.717) is 0 Å². The Morgan fingerprint density at radius 2 is 2.26 bits per heavy atom. The topological polar surface area (TPSA) is 87.3 Å². The quantitative estimate of drug-likeness (QED) is 0.562. The lowest BCUT2D eigenvalue weighted by atomic mass is 10.1. The largest absolute Gasteiger partial charge is 0.389 e. The van der Waals surface area contributed by atoms with Gasteiger partial charge in [-0.3, -0.25) is 4.79 Å². The van der Waals surface area contributed by atoms with Gasteiger partial charge in [0.2, 0.25) is 0 Å². The van der Waals surface area contributed by atoms with Gasteiger partial charge in [-0.25, -0.2) is 0 Å². The fourth-order valence-corrected chi connectivity index (χ4v) is 2.40. The number of hydrogen-bond donors (Lipinski definition) is 2. The summed E-state index contributed by atoms with van der Waals surface area (Å²) in [6, 6.07) is 3.89. The predicted molar refractivity (Wildman–Crippen MR) is 88.7 cm³/mol. The molecule has 1 heterocycles. The number of ether oxygens (including phenoxy) is 1. The first-order chi connectivity index (χ1) is 10.9. The van der Waals surface area contributed by atoms with Crippen molar-refractivity contribution in [1.82, 2.24) is 9.88 Å². The van der Waals surface area contributed by atoms with E-state index in [0.717, 1.165) is 29.9 Å². The number of methoxy groups -OCH3 is 1. The Balaban J connectivity index is 2.89. The first-order valence-electron chi connectivity index (χ1n) is 7.68. The van der Waals surface area contributed by atoms with Crippen LogP contribution in [0.3, 0.4) is 0 Å². The second-order valence-corrected chi connectivity index (χ2v) is 5.47. The summed E-state index contributed by atoms with van der Waals surface area (Å²) in [7, 11) is 1.47. The summed E-state index contributed by atoms with van der Waals surface area (Å²) >= 11 is 0. The number of nitriles is 1. The number of hydrogen-bond acceptors (Lipinski definition) is 4. The Hall–Kier alpha value is -2.10. The van der Waals surface area contributed by atoms with Crippen LogP contribution in [0.5, 0.6) is 0 Å². The SMILES string of the molecule is CCCn1c(C)cc(/C=C(/C#N)C(=O)NCC(O)COC)c1C. The van der Waals surface area contributed by atoms with E-state index in [2.05, 4.69) is 16.8 Å². The van der Waals surface area contributed by atoms with Crippen molar-refractivity contribution < 1.29 is 14.6 Å². The molecule has 2 N–H and O–H groups in total. The van der Waals surface area contributed by atoms with Gasteiger partial charge in [0.1, 0.15) is 11.6 Å². The molecule has 0 aliphatic heterocycles. The van der Waals surface area contributed by atoms with Crippen molar-refractivity contribution in [3.63, 3.8) is 0 Å². The van der Waals surface area contributed by atoms with Gasteiger partial charge in [-0.05, 0) is 38.0 Å². The first kappa shape index (κ1) is 18.9. The van der Waals surface area contributed by atoms with Crippen LogP contribution in [-0.2, 0) is 16.1 Å². The van der Waals surface area contributed by atoms with E-state index in [1.807, 2.05) is 26.0 Å². The number of aliphatic hydroxyl groups excluding tert-OH is 1. The van der Waals surface area contributed by atoms with Gasteiger partial charge >= 0.3 is 0 Å². The third-order valence-electron chi connectivity index (χ3n) is 3.58. The standard InChI is InChI=1S/C17H25N3O3/c1-5-6-20-12(2)7-14(13(20)3)8-15(9-18)17(22)19-10-16(21)11-23-4/h7-8,16,21H,5-6,10-11H2,1-4H3,(H,19,22)/b15-8-. The predicted octanol–water partition coefficient (Wildman–Crippen LogP) is 1.55. The van der Waals surface area contributed by atoms with E-state index in [1.165, 1.54) is 7.11 Å². The highest BCUT2D eigenvalue weighted by molar-refractivity contribution is 6.01. The molecule has 0 aliphatic rings. The molecule has 0 saturated carbocycles. The normalized spacial score (nSPS) is 12.8. The highest BCUT2D eigenvalue weighted by Gasteiger charge is 2.13. The highest BCUT2D eigenvalue weighted by Crippen LogP contribution is 2.18. The molecular formula is C17H25N3O3. The third kappa shape index (κ3) is 5.23. The number of amides is 1. The molecule has 6 nitrogen and oxygen atoms in total. The summed E-state index contributed by atoms with van der Waals surface area (Å²) in [5.41, 5.74) is 3.01. The molecule has 1 unspecified atom stereocenters. The zero-order valence-corrected chi connectivity index (χ0v) is 14.2. The zero-order chi connectivity index (χ0) is 17.4. The minimum absolute atomic E-state index is 0.0198. The lowest BCUT2D eigenvalue weighted by molar-refractivity contribution is -0.117. The minimum Gasteiger partial charge on any atom is -0.389 e. The van der Waals surface area contributed by atoms with Crippen LogP contribution in [0.15, 0.2) is 11.6 Å². The molecule has 0 bridgehead atoms. The van der Waals surface area contributed by atoms with Crippen molar-refractivity contribution in [3.05, 3.63) is 28.6 Å². The van der Waals surface area contributed by atoms with Crippen LogP contribution < -0.4 is 5.32 Å². The molecule has 0 fully saturated rings. The smallest absolute Gasteiger partial charge is 0.262 e. The maximum absolute atomic E-state index is 12.1. The Labute approximate surface area is 137 Å². The van der Waals surface area contributed by atoms with Crippen molar-refractivity contribution in [2.24, 2.45) is 0 Å². The third-order valence-corrected chi connectivity index (χ3v) is 3.58. The summed E-state index contributed by atoms with van der Waals surface area (Å²) in [5, 5.41) is 21.3. The van der Waals surface area contributed by atoms with Crippen LogP contribution in [0.25, 0.3) is 6.08 Å². The van der Waals surface area contributed by atoms with Gasteiger partial charge in [0.25, 0.3) is 5.91 Å². The minimum atomic E-state index is -0.793. The fraction of sp³-hybridized carbons (Fsp3) is 0.529. The molecule has 23 heavy (non-hydrogen) atoms. The second kappa shape index (κ2) is 9.13. The molecule has 1 rings (SSSR count). The molecule has 126 valence electrons. The molecule has 0 radical (unpaired) electrons. The van der Waals surface area contributed by atoms with Crippen molar-refractivity contribution in [2.45, 2.75) is 39.8 Å². The Morgan fingerprint density at radius 1 is 1.57 bits per heavy atom. The van der Waals surface area contributed by atoms with Gasteiger partial charge in [0.05, 0.1) is 12.7 Å². The van der Waals surface area contributed by atoms with Crippen LogP contribution in [-0.4, -0.2) is 41.9 Å². The van der Waals surface area contributed by atoms with Crippen LogP contribution in [0.4, 0.5) is 0 Å². The summed E-state index contributed by atoms with van der Waals surface area (Å²) in [4.78, 5) is 12.1. The molecular weight excluding hydrogens is 294 g/mol. The highest BCUT2D eigenvalue weighted by atomic mass is 16.5. The first-order valence-corrected chi connectivity index (χ1v) is 7.68. The number of aryl methyl sites for hydroxylation is 1. The van der Waals surface area contributed by atoms with E-state index in [-0.39, 0.29) is 18.7 Å². The number of carbonyl (C=O) groups is 1. The molecule has 6 heteroatoms. The zero-order valence-electron chi connectivity index (χ0n) is 14.2. The Bertz CT molecular complexity index is 611. The molecule has 0 aromatic carbocycles. The van der Waals surface area contributed by atoms with Crippen molar-refractivity contribution in [3.8, 4) is 6.07 Å². The van der Waals surface area contributed by atoms with E-state index in [4.69, 9.17) is 4.74 Å². The maximum Gasteiger partial charge on any atom is 0.262 e. The van der Waals surface area contributed by atoms with Gasteiger partial charge in [0.15, 0.2) is 0 Å². The summed E-state index contributed by atoms with van der Waals surface area (Å²) < 4.78 is 6.96. The summed E-state index contributed by atoms with van der Waals surface area (Å²) in [6.07, 6.45) is 1.81. The number of aromatic nitrogens is 1. The van der Waals surface area contributed by atoms with Gasteiger partial charge < -0.3 is 19.7 Å². The lowest BCUT2D eigenvalue weighted by Gasteiger charge is -2.10. The Kier molecular flexibility index (Phi) is 7.52.